The molecule has 0 radical (unpaired) electrons. The summed E-state index contributed by atoms with van der Waals surface area (Å²) in [5, 5.41) is 0. The number of hydrogen-bond donors (Lipinski definition) is 0. The van der Waals surface area contributed by atoms with E-state index in [1.807, 2.05) is 37.3 Å². The van der Waals surface area contributed by atoms with Crippen LogP contribution in [0.5, 0.6) is 0 Å². The quantitative estimate of drug-likeness (QED) is 0.564. The molecule has 27 heavy (non-hydrogen) atoms. The van der Waals surface area contributed by atoms with Crippen molar-refractivity contribution in [3.8, 4) is 0 Å². The van der Waals surface area contributed by atoms with Gasteiger partial charge >= 0.3 is 6.03 Å². The molecule has 146 valence electrons. The number of hydrogen-bond acceptors (Lipinski definition) is 4. The Hall–Kier alpha value is -2.41. The van der Waals surface area contributed by atoms with Gasteiger partial charge in [-0.25, -0.2) is 4.79 Å². The molecule has 2 fully saturated rings. The van der Waals surface area contributed by atoms with Crippen LogP contribution in [-0.2, 0) is 20.9 Å². The highest BCUT2D eigenvalue weighted by molar-refractivity contribution is 6.06. The first-order valence-electron chi connectivity index (χ1n) is 9.49. The molecular formula is C20H27N3O4. The molecule has 0 atom stereocenters. The highest BCUT2D eigenvalue weighted by atomic mass is 16.5. The lowest BCUT2D eigenvalue weighted by molar-refractivity contribution is -0.141. The zero-order valence-electron chi connectivity index (χ0n) is 16.0. The number of carbonyl (C=O) groups is 3. The first-order valence-corrected chi connectivity index (χ1v) is 9.49. The van der Waals surface area contributed by atoms with Crippen LogP contribution in [0.3, 0.4) is 0 Å². The molecule has 0 saturated carbocycles. The van der Waals surface area contributed by atoms with Gasteiger partial charge in [-0.15, -0.1) is 0 Å². The summed E-state index contributed by atoms with van der Waals surface area (Å²) < 4.78 is 5.26. The van der Waals surface area contributed by atoms with Gasteiger partial charge in [-0.05, 0) is 25.3 Å². The first kappa shape index (κ1) is 19.4. The van der Waals surface area contributed by atoms with Crippen molar-refractivity contribution >= 4 is 17.8 Å². The van der Waals surface area contributed by atoms with Crippen LogP contribution in [0, 0.1) is 0 Å². The molecule has 4 amide bonds. The van der Waals surface area contributed by atoms with Crippen LogP contribution in [0.2, 0.25) is 0 Å². The standard InChI is InChI=1S/C20H27N3O4/c1-3-27-14-9-17(24)22-12-10-20(11-13-22)18(25)21(2)19(26)23(20)15-16-7-5-4-6-8-16/h4-8H,3,9-15H2,1-2H3. The van der Waals surface area contributed by atoms with Crippen LogP contribution in [0.15, 0.2) is 30.3 Å². The molecule has 7 nitrogen and oxygen atoms in total. The minimum atomic E-state index is -0.849. The van der Waals surface area contributed by atoms with Crippen LogP contribution >= 0.6 is 0 Å². The zero-order chi connectivity index (χ0) is 19.4. The van der Waals surface area contributed by atoms with Gasteiger partial charge in [0.15, 0.2) is 0 Å². The van der Waals surface area contributed by atoms with Gasteiger partial charge in [0, 0.05) is 33.3 Å². The minimum absolute atomic E-state index is 0.0398. The lowest BCUT2D eigenvalue weighted by Crippen LogP contribution is -2.57. The second kappa shape index (κ2) is 8.08. The van der Waals surface area contributed by atoms with E-state index in [0.29, 0.717) is 52.1 Å². The SMILES string of the molecule is CCOCCC(=O)N1CCC2(CC1)C(=O)N(C)C(=O)N2Cc1ccccc1. The number of imide groups is 1. The summed E-state index contributed by atoms with van der Waals surface area (Å²) in [6.45, 7) is 4.25. The fraction of sp³-hybridized carbons (Fsp3) is 0.550. The predicted octanol–water partition coefficient (Wildman–Crippen LogP) is 1.87. The third kappa shape index (κ3) is 3.69. The monoisotopic (exact) mass is 373 g/mol. The Labute approximate surface area is 159 Å². The second-order valence-corrected chi connectivity index (χ2v) is 7.08. The summed E-state index contributed by atoms with van der Waals surface area (Å²) in [6.07, 6.45) is 1.28. The summed E-state index contributed by atoms with van der Waals surface area (Å²) >= 11 is 0. The van der Waals surface area contributed by atoms with Gasteiger partial charge in [-0.1, -0.05) is 30.3 Å². The van der Waals surface area contributed by atoms with Gasteiger partial charge < -0.3 is 14.5 Å². The summed E-state index contributed by atoms with van der Waals surface area (Å²) in [5.74, 6) is -0.122. The van der Waals surface area contributed by atoms with Crippen molar-refractivity contribution in [3.05, 3.63) is 35.9 Å². The van der Waals surface area contributed by atoms with E-state index in [1.165, 1.54) is 11.9 Å². The molecule has 2 aliphatic rings. The van der Waals surface area contributed by atoms with E-state index in [0.717, 1.165) is 5.56 Å². The second-order valence-electron chi connectivity index (χ2n) is 7.08. The smallest absolute Gasteiger partial charge is 0.327 e. The Balaban J connectivity index is 1.72. The van der Waals surface area contributed by atoms with Crippen LogP contribution in [0.4, 0.5) is 4.79 Å². The normalized spacial score (nSPS) is 19.3. The number of amides is 4. The lowest BCUT2D eigenvalue weighted by Gasteiger charge is -2.42. The number of likely N-dealkylation sites (tertiary alicyclic amines) is 1. The van der Waals surface area contributed by atoms with E-state index >= 15 is 0 Å². The van der Waals surface area contributed by atoms with E-state index in [1.54, 1.807) is 9.80 Å². The molecule has 0 aromatic heterocycles. The number of benzene rings is 1. The number of rotatable bonds is 6. The molecule has 1 aromatic carbocycles. The maximum absolute atomic E-state index is 12.9. The van der Waals surface area contributed by atoms with E-state index < -0.39 is 5.54 Å². The van der Waals surface area contributed by atoms with Crippen LogP contribution in [0.1, 0.15) is 31.7 Å². The maximum atomic E-state index is 12.9. The molecule has 7 heteroatoms. The molecule has 0 N–H and O–H groups in total. The summed E-state index contributed by atoms with van der Waals surface area (Å²) in [7, 11) is 1.54. The van der Waals surface area contributed by atoms with E-state index in [4.69, 9.17) is 4.74 Å². The average Bonchev–Trinajstić information content (AvgIpc) is 2.86. The topological polar surface area (TPSA) is 70.2 Å². The van der Waals surface area contributed by atoms with Gasteiger partial charge in [0.1, 0.15) is 5.54 Å². The Bertz CT molecular complexity index is 698. The number of piperidine rings is 1. The minimum Gasteiger partial charge on any atom is -0.381 e. The predicted molar refractivity (Wildman–Crippen MR) is 99.8 cm³/mol. The zero-order valence-corrected chi connectivity index (χ0v) is 16.0. The number of ether oxygens (including phenoxy) is 1. The summed E-state index contributed by atoms with van der Waals surface area (Å²) in [5.41, 5.74) is 0.141. The Morgan fingerprint density at radius 3 is 2.44 bits per heavy atom. The van der Waals surface area contributed by atoms with Gasteiger partial charge in [-0.3, -0.25) is 14.5 Å². The van der Waals surface area contributed by atoms with E-state index in [2.05, 4.69) is 0 Å². The summed E-state index contributed by atoms with van der Waals surface area (Å²) in [6, 6.07) is 9.42. The van der Waals surface area contributed by atoms with Crippen molar-refractivity contribution < 1.29 is 19.1 Å². The third-order valence-corrected chi connectivity index (χ3v) is 5.53. The first-order chi connectivity index (χ1) is 13.0. The van der Waals surface area contributed by atoms with Crippen LogP contribution in [-0.4, -0.2) is 71.4 Å². The van der Waals surface area contributed by atoms with Crippen molar-refractivity contribution in [2.45, 2.75) is 38.3 Å². The van der Waals surface area contributed by atoms with Crippen LogP contribution in [0.25, 0.3) is 0 Å². The number of urea groups is 1. The fourth-order valence-electron chi connectivity index (χ4n) is 3.94. The van der Waals surface area contributed by atoms with Crippen molar-refractivity contribution in [1.29, 1.82) is 0 Å². The van der Waals surface area contributed by atoms with Crippen molar-refractivity contribution in [2.75, 3.05) is 33.4 Å². The highest BCUT2D eigenvalue weighted by Gasteiger charge is 2.56. The van der Waals surface area contributed by atoms with Crippen molar-refractivity contribution in [3.63, 3.8) is 0 Å². The molecule has 2 heterocycles. The number of nitrogens with zero attached hydrogens (tertiary/aromatic N) is 3. The Morgan fingerprint density at radius 1 is 1.15 bits per heavy atom. The third-order valence-electron chi connectivity index (χ3n) is 5.53. The molecule has 2 saturated heterocycles. The van der Waals surface area contributed by atoms with Gasteiger partial charge in [0.2, 0.25) is 5.91 Å². The Morgan fingerprint density at radius 2 is 1.81 bits per heavy atom. The van der Waals surface area contributed by atoms with Crippen molar-refractivity contribution in [1.82, 2.24) is 14.7 Å². The highest BCUT2D eigenvalue weighted by Crippen LogP contribution is 2.37. The number of carbonyl (C=O) groups excluding carboxylic acids is 3. The van der Waals surface area contributed by atoms with E-state index in [9.17, 15) is 14.4 Å². The molecule has 2 aliphatic heterocycles. The average molecular weight is 373 g/mol. The van der Waals surface area contributed by atoms with Crippen molar-refractivity contribution in [2.24, 2.45) is 0 Å². The molecule has 0 bridgehead atoms. The molecular weight excluding hydrogens is 346 g/mol. The maximum Gasteiger partial charge on any atom is 0.327 e. The molecule has 1 spiro atoms. The fourth-order valence-corrected chi connectivity index (χ4v) is 3.94. The summed E-state index contributed by atoms with van der Waals surface area (Å²) in [4.78, 5) is 42.7. The largest absolute Gasteiger partial charge is 0.381 e. The van der Waals surface area contributed by atoms with E-state index in [-0.39, 0.29) is 17.8 Å². The molecule has 3 rings (SSSR count). The number of likely N-dealkylation sites (N-methyl/N-ethyl adjacent to an activating group) is 1. The molecule has 0 unspecified atom stereocenters. The van der Waals surface area contributed by atoms with Gasteiger partial charge in [0.05, 0.1) is 13.0 Å². The Kier molecular flexibility index (Phi) is 5.79. The molecule has 1 aromatic rings. The lowest BCUT2D eigenvalue weighted by atomic mass is 9.85. The molecule has 0 aliphatic carbocycles. The van der Waals surface area contributed by atoms with Crippen LogP contribution < -0.4 is 0 Å². The van der Waals surface area contributed by atoms with Gasteiger partial charge in [-0.2, -0.15) is 0 Å². The van der Waals surface area contributed by atoms with Gasteiger partial charge in [0.25, 0.3) is 5.91 Å².